The largest absolute Gasteiger partial charge is 0.511 e. The molecule has 0 unspecified atom stereocenters. The topological polar surface area (TPSA) is 83.8 Å². The molecule has 0 aliphatic carbocycles. The molecule has 0 aliphatic heterocycles. The Morgan fingerprint density at radius 2 is 2.00 bits per heavy atom. The molecule has 2 rings (SSSR count). The highest BCUT2D eigenvalue weighted by Crippen LogP contribution is 2.35. The summed E-state index contributed by atoms with van der Waals surface area (Å²) in [4.78, 5) is 21.4. The molecule has 5 heteroatoms. The van der Waals surface area contributed by atoms with Crippen molar-refractivity contribution < 1.29 is 24.5 Å². The molecular weight excluding hydrogens is 224 g/mol. The third kappa shape index (κ3) is 1.90. The quantitative estimate of drug-likeness (QED) is 0.472. The maximum absolute atomic E-state index is 10.9. The Morgan fingerprint density at radius 1 is 1.29 bits per heavy atom. The van der Waals surface area contributed by atoms with E-state index in [0.29, 0.717) is 17.1 Å². The van der Waals surface area contributed by atoms with Crippen LogP contribution in [0.4, 0.5) is 4.79 Å². The monoisotopic (exact) mass is 232 g/mol. The second-order valence-corrected chi connectivity index (χ2v) is 3.34. The summed E-state index contributed by atoms with van der Waals surface area (Å²) in [6, 6.07) is 8.16. The van der Waals surface area contributed by atoms with Gasteiger partial charge < -0.3 is 14.9 Å². The number of carbonyl (C=O) groups is 2. The lowest BCUT2D eigenvalue weighted by molar-refractivity contribution is 0.111. The molecule has 2 aromatic rings. The summed E-state index contributed by atoms with van der Waals surface area (Å²) in [6.45, 7) is 0. The molecule has 0 bridgehead atoms. The first-order valence-corrected chi connectivity index (χ1v) is 4.74. The molecule has 0 aliphatic rings. The van der Waals surface area contributed by atoms with Crippen LogP contribution in [0, 0.1) is 0 Å². The van der Waals surface area contributed by atoms with E-state index in [0.717, 1.165) is 0 Å². The molecule has 17 heavy (non-hydrogen) atoms. The standard InChI is InChI=1S/C12H8O5/c13-6-9-8-4-2-1-3-7(8)5-10(11(9)14)17-12(15)16/h1-6,14H,(H,15,16). The molecule has 0 saturated heterocycles. The smallest absolute Gasteiger partial charge is 0.504 e. The zero-order valence-corrected chi connectivity index (χ0v) is 8.58. The third-order valence-corrected chi connectivity index (χ3v) is 2.34. The summed E-state index contributed by atoms with van der Waals surface area (Å²) in [7, 11) is 0. The van der Waals surface area contributed by atoms with E-state index in [4.69, 9.17) is 5.11 Å². The summed E-state index contributed by atoms with van der Waals surface area (Å²) >= 11 is 0. The normalized spacial score (nSPS) is 10.1. The number of aldehydes is 1. The zero-order valence-electron chi connectivity index (χ0n) is 8.58. The number of carboxylic acid groups (broad SMARTS) is 1. The van der Waals surface area contributed by atoms with Crippen molar-refractivity contribution in [2.45, 2.75) is 0 Å². The fourth-order valence-corrected chi connectivity index (χ4v) is 1.63. The zero-order chi connectivity index (χ0) is 12.4. The highest BCUT2D eigenvalue weighted by Gasteiger charge is 2.15. The fraction of sp³-hybridized carbons (Fsp3) is 0. The van der Waals surface area contributed by atoms with Gasteiger partial charge in [-0.1, -0.05) is 24.3 Å². The van der Waals surface area contributed by atoms with Gasteiger partial charge >= 0.3 is 6.16 Å². The van der Waals surface area contributed by atoms with Crippen molar-refractivity contribution in [1.29, 1.82) is 0 Å². The van der Waals surface area contributed by atoms with Crippen LogP contribution in [0.25, 0.3) is 10.8 Å². The number of benzene rings is 2. The molecule has 5 nitrogen and oxygen atoms in total. The first-order valence-electron chi connectivity index (χ1n) is 4.74. The average molecular weight is 232 g/mol. The maximum atomic E-state index is 10.9. The van der Waals surface area contributed by atoms with Crippen molar-refractivity contribution in [2.75, 3.05) is 0 Å². The van der Waals surface area contributed by atoms with Crippen molar-refractivity contribution >= 4 is 23.2 Å². The predicted molar refractivity (Wildman–Crippen MR) is 59.7 cm³/mol. The van der Waals surface area contributed by atoms with Gasteiger partial charge in [-0.3, -0.25) is 4.79 Å². The second-order valence-electron chi connectivity index (χ2n) is 3.34. The molecule has 0 spiro atoms. The van der Waals surface area contributed by atoms with Gasteiger partial charge in [-0.2, -0.15) is 0 Å². The number of hydrogen-bond acceptors (Lipinski definition) is 4. The Morgan fingerprint density at radius 3 is 2.65 bits per heavy atom. The third-order valence-electron chi connectivity index (χ3n) is 2.34. The Hall–Kier alpha value is -2.56. The van der Waals surface area contributed by atoms with Gasteiger partial charge in [0.15, 0.2) is 17.8 Å². The Balaban J connectivity index is 2.75. The number of phenolic OH excluding ortho intramolecular Hbond substituents is 1. The highest BCUT2D eigenvalue weighted by molar-refractivity contribution is 6.02. The van der Waals surface area contributed by atoms with Crippen LogP contribution in [0.2, 0.25) is 0 Å². The number of aromatic hydroxyl groups is 1. The SMILES string of the molecule is O=Cc1c(O)c(OC(=O)O)cc2ccccc12. The molecule has 0 saturated carbocycles. The first kappa shape index (κ1) is 10.9. The van der Waals surface area contributed by atoms with Crippen LogP contribution in [0.3, 0.4) is 0 Å². The first-order chi connectivity index (χ1) is 8.13. The van der Waals surface area contributed by atoms with Crippen LogP contribution in [0.5, 0.6) is 11.5 Å². The molecule has 0 fully saturated rings. The van der Waals surface area contributed by atoms with E-state index in [-0.39, 0.29) is 11.3 Å². The summed E-state index contributed by atoms with van der Waals surface area (Å²) in [5.41, 5.74) is 0.0133. The van der Waals surface area contributed by atoms with E-state index in [2.05, 4.69) is 4.74 Å². The number of rotatable bonds is 2. The number of fused-ring (bicyclic) bond motifs is 1. The van der Waals surface area contributed by atoms with Crippen LogP contribution in [0.1, 0.15) is 10.4 Å². The Bertz CT molecular complexity index is 603. The van der Waals surface area contributed by atoms with Gasteiger partial charge in [0.1, 0.15) is 0 Å². The van der Waals surface area contributed by atoms with Crippen molar-refractivity contribution in [3.8, 4) is 11.5 Å². The van der Waals surface area contributed by atoms with Gasteiger partial charge in [-0.15, -0.1) is 0 Å². The van der Waals surface area contributed by atoms with Gasteiger partial charge in [-0.25, -0.2) is 4.79 Å². The van der Waals surface area contributed by atoms with Crippen molar-refractivity contribution in [3.63, 3.8) is 0 Å². The molecule has 2 aromatic carbocycles. The summed E-state index contributed by atoms with van der Waals surface area (Å²) in [5, 5.41) is 19.4. The minimum Gasteiger partial charge on any atom is -0.504 e. The summed E-state index contributed by atoms with van der Waals surface area (Å²) < 4.78 is 4.40. The average Bonchev–Trinajstić information content (AvgIpc) is 2.30. The summed E-state index contributed by atoms with van der Waals surface area (Å²) in [6.07, 6.45) is -1.08. The van der Waals surface area contributed by atoms with Crippen molar-refractivity contribution in [3.05, 3.63) is 35.9 Å². The van der Waals surface area contributed by atoms with E-state index in [9.17, 15) is 14.7 Å². The molecule has 0 radical (unpaired) electrons. The molecule has 86 valence electrons. The lowest BCUT2D eigenvalue weighted by atomic mass is 10.0. The van der Waals surface area contributed by atoms with E-state index in [1.807, 2.05) is 0 Å². The highest BCUT2D eigenvalue weighted by atomic mass is 16.7. The Kier molecular flexibility index (Phi) is 2.66. The van der Waals surface area contributed by atoms with Crippen LogP contribution < -0.4 is 4.74 Å². The van der Waals surface area contributed by atoms with Crippen LogP contribution in [-0.2, 0) is 0 Å². The minimum absolute atomic E-state index is 0.0133. The van der Waals surface area contributed by atoms with Crippen LogP contribution in [-0.4, -0.2) is 22.7 Å². The molecule has 0 aromatic heterocycles. The fourth-order valence-electron chi connectivity index (χ4n) is 1.63. The predicted octanol–water partition coefficient (Wildman–Crippen LogP) is 2.41. The number of hydrogen-bond donors (Lipinski definition) is 2. The summed E-state index contributed by atoms with van der Waals surface area (Å²) in [5.74, 6) is -0.723. The van der Waals surface area contributed by atoms with E-state index in [1.165, 1.54) is 6.07 Å². The minimum atomic E-state index is -1.55. The van der Waals surface area contributed by atoms with E-state index in [1.54, 1.807) is 24.3 Å². The van der Waals surface area contributed by atoms with Crippen LogP contribution in [0.15, 0.2) is 30.3 Å². The molecule has 2 N–H and O–H groups in total. The van der Waals surface area contributed by atoms with Gasteiger partial charge in [0, 0.05) is 0 Å². The lowest BCUT2D eigenvalue weighted by Gasteiger charge is -2.08. The molecule has 0 atom stereocenters. The maximum Gasteiger partial charge on any atom is 0.511 e. The lowest BCUT2D eigenvalue weighted by Crippen LogP contribution is -2.04. The number of phenols is 1. The molecule has 0 heterocycles. The Labute approximate surface area is 95.9 Å². The van der Waals surface area contributed by atoms with Gasteiger partial charge in [0.2, 0.25) is 0 Å². The second kappa shape index (κ2) is 4.13. The van der Waals surface area contributed by atoms with Crippen molar-refractivity contribution in [2.24, 2.45) is 0 Å². The van der Waals surface area contributed by atoms with E-state index >= 15 is 0 Å². The van der Waals surface area contributed by atoms with Gasteiger partial charge in [0.25, 0.3) is 0 Å². The number of ether oxygens (including phenoxy) is 1. The number of carbonyl (C=O) groups excluding carboxylic acids is 1. The van der Waals surface area contributed by atoms with Gasteiger partial charge in [0.05, 0.1) is 5.56 Å². The molecule has 0 amide bonds. The van der Waals surface area contributed by atoms with Crippen LogP contribution >= 0.6 is 0 Å². The van der Waals surface area contributed by atoms with E-state index < -0.39 is 11.9 Å². The van der Waals surface area contributed by atoms with Gasteiger partial charge in [-0.05, 0) is 16.8 Å². The van der Waals surface area contributed by atoms with Crippen molar-refractivity contribution in [1.82, 2.24) is 0 Å². The molecular formula is C12H8O5.